The molecular weight excluding hydrogens is 396 g/mol. The molecule has 1 aromatic carbocycles. The van der Waals surface area contributed by atoms with E-state index in [9.17, 15) is 9.90 Å². The van der Waals surface area contributed by atoms with Crippen molar-refractivity contribution in [2.24, 2.45) is 10.9 Å². The van der Waals surface area contributed by atoms with Crippen LogP contribution in [0, 0.1) is 5.92 Å². The van der Waals surface area contributed by atoms with Gasteiger partial charge in [0.15, 0.2) is 5.96 Å². The number of hydrogen-bond donors (Lipinski definition) is 3. The normalized spacial score (nSPS) is 20.6. The third-order valence-electron chi connectivity index (χ3n) is 6.11. The Morgan fingerprint density at radius 1 is 1.26 bits per heavy atom. The lowest BCUT2D eigenvalue weighted by Gasteiger charge is -2.22. The second-order valence-electron chi connectivity index (χ2n) is 8.24. The van der Waals surface area contributed by atoms with E-state index in [4.69, 9.17) is 9.47 Å². The zero-order valence-electron chi connectivity index (χ0n) is 18.9. The van der Waals surface area contributed by atoms with Gasteiger partial charge in [-0.05, 0) is 44.4 Å². The molecule has 0 radical (unpaired) electrons. The van der Waals surface area contributed by atoms with Gasteiger partial charge in [-0.25, -0.2) is 0 Å². The quantitative estimate of drug-likeness (QED) is 0.430. The first-order valence-corrected chi connectivity index (χ1v) is 11.3. The monoisotopic (exact) mass is 432 g/mol. The highest BCUT2D eigenvalue weighted by atomic mass is 16.5. The summed E-state index contributed by atoms with van der Waals surface area (Å²) < 4.78 is 10.6. The number of nitrogens with zero attached hydrogens (tertiary/aromatic N) is 2. The number of ether oxygens (including phenoxy) is 2. The molecule has 2 unspecified atom stereocenters. The Hall–Kier alpha value is -2.48. The summed E-state index contributed by atoms with van der Waals surface area (Å²) in [7, 11) is 3.16. The number of aliphatic imine (C=N–C) groups is 1. The molecule has 1 aliphatic carbocycles. The minimum Gasteiger partial charge on any atom is -0.497 e. The van der Waals surface area contributed by atoms with E-state index in [0.29, 0.717) is 42.0 Å². The lowest BCUT2D eigenvalue weighted by atomic mass is 10.1. The van der Waals surface area contributed by atoms with Crippen molar-refractivity contribution >= 4 is 11.9 Å². The second kappa shape index (κ2) is 11.2. The second-order valence-corrected chi connectivity index (χ2v) is 8.24. The van der Waals surface area contributed by atoms with E-state index in [2.05, 4.69) is 15.6 Å². The molecule has 1 heterocycles. The fraction of sp³-hybridized carbons (Fsp3) is 0.652. The molecule has 1 aliphatic heterocycles. The molecule has 3 N–H and O–H groups in total. The number of carbonyl (C=O) groups is 1. The molecule has 2 aliphatic rings. The molecule has 2 atom stereocenters. The van der Waals surface area contributed by atoms with Gasteiger partial charge in [0, 0.05) is 37.2 Å². The molecule has 3 rings (SSSR count). The summed E-state index contributed by atoms with van der Waals surface area (Å²) in [6.07, 6.45) is 4.47. The smallest absolute Gasteiger partial charge is 0.225 e. The van der Waals surface area contributed by atoms with Crippen molar-refractivity contribution in [3.05, 3.63) is 23.8 Å². The molecule has 1 saturated carbocycles. The summed E-state index contributed by atoms with van der Waals surface area (Å²) in [5, 5.41) is 17.4. The lowest BCUT2D eigenvalue weighted by molar-refractivity contribution is -0.134. The topological polar surface area (TPSA) is 95.4 Å². The number of hydrogen-bond acceptors (Lipinski definition) is 5. The van der Waals surface area contributed by atoms with Crippen molar-refractivity contribution < 1.29 is 19.4 Å². The third-order valence-corrected chi connectivity index (χ3v) is 6.11. The van der Waals surface area contributed by atoms with Gasteiger partial charge in [-0.3, -0.25) is 9.79 Å². The number of rotatable bonds is 8. The molecule has 172 valence electrons. The zero-order valence-corrected chi connectivity index (χ0v) is 18.9. The summed E-state index contributed by atoms with van der Waals surface area (Å²) in [5.41, 5.74) is 0.635. The highest BCUT2D eigenvalue weighted by molar-refractivity contribution is 5.81. The Kier molecular flexibility index (Phi) is 8.40. The third kappa shape index (κ3) is 6.03. The van der Waals surface area contributed by atoms with Crippen LogP contribution in [0.25, 0.3) is 0 Å². The molecule has 1 aromatic rings. The minimum absolute atomic E-state index is 0.159. The molecule has 2 fully saturated rings. The van der Waals surface area contributed by atoms with Crippen molar-refractivity contribution in [1.29, 1.82) is 0 Å². The van der Waals surface area contributed by atoms with Crippen LogP contribution in [0.5, 0.6) is 11.5 Å². The predicted octanol–water partition coefficient (Wildman–Crippen LogP) is 2.08. The van der Waals surface area contributed by atoms with Gasteiger partial charge >= 0.3 is 0 Å². The first-order valence-electron chi connectivity index (χ1n) is 11.3. The van der Waals surface area contributed by atoms with Gasteiger partial charge in [-0.1, -0.05) is 12.8 Å². The van der Waals surface area contributed by atoms with Crippen molar-refractivity contribution in [2.75, 3.05) is 40.4 Å². The Morgan fingerprint density at radius 2 is 2.03 bits per heavy atom. The van der Waals surface area contributed by atoms with Crippen LogP contribution < -0.4 is 20.1 Å². The van der Waals surface area contributed by atoms with Crippen LogP contribution in [0.2, 0.25) is 0 Å². The highest BCUT2D eigenvalue weighted by Crippen LogP contribution is 2.30. The lowest BCUT2D eigenvalue weighted by Crippen LogP contribution is -2.45. The number of amides is 1. The Labute approximate surface area is 185 Å². The van der Waals surface area contributed by atoms with E-state index in [1.165, 1.54) is 12.8 Å². The van der Waals surface area contributed by atoms with Gasteiger partial charge in [-0.2, -0.15) is 0 Å². The Morgan fingerprint density at radius 3 is 2.71 bits per heavy atom. The van der Waals surface area contributed by atoms with Crippen molar-refractivity contribution in [3.8, 4) is 11.5 Å². The largest absolute Gasteiger partial charge is 0.497 e. The molecule has 31 heavy (non-hydrogen) atoms. The Balaban J connectivity index is 1.59. The summed E-state index contributed by atoms with van der Waals surface area (Å²) >= 11 is 0. The van der Waals surface area contributed by atoms with Crippen LogP contribution in [0.1, 0.15) is 50.7 Å². The van der Waals surface area contributed by atoms with E-state index < -0.39 is 6.10 Å². The average molecular weight is 433 g/mol. The predicted molar refractivity (Wildman–Crippen MR) is 121 cm³/mol. The molecule has 8 nitrogen and oxygen atoms in total. The van der Waals surface area contributed by atoms with Crippen molar-refractivity contribution in [3.63, 3.8) is 0 Å². The number of guanidine groups is 1. The summed E-state index contributed by atoms with van der Waals surface area (Å²) in [6, 6.07) is 5.50. The number of benzene rings is 1. The molecule has 8 heteroatoms. The first-order chi connectivity index (χ1) is 15.0. The molecular formula is C23H36N4O4. The standard InChI is InChI=1S/C23H36N4O4/c1-4-24-23(25-14-20(28)19-13-18(30-2)9-10-21(19)31-3)26-17-11-12-27(15-17)22(29)16-7-5-6-8-16/h9-10,13,16-17,20,28H,4-8,11-12,14-15H2,1-3H3,(H2,24,25,26). The summed E-state index contributed by atoms with van der Waals surface area (Å²) in [4.78, 5) is 19.3. The number of methoxy groups -OCH3 is 2. The van der Waals surface area contributed by atoms with Gasteiger partial charge in [0.25, 0.3) is 0 Å². The van der Waals surface area contributed by atoms with E-state index in [1.807, 2.05) is 11.8 Å². The van der Waals surface area contributed by atoms with Crippen LogP contribution in [0.15, 0.2) is 23.2 Å². The maximum absolute atomic E-state index is 12.7. The van der Waals surface area contributed by atoms with Crippen LogP contribution in [-0.4, -0.2) is 68.3 Å². The summed E-state index contributed by atoms with van der Waals surface area (Å²) in [5.74, 6) is 2.42. The van der Waals surface area contributed by atoms with Crippen LogP contribution >= 0.6 is 0 Å². The molecule has 1 saturated heterocycles. The van der Waals surface area contributed by atoms with Gasteiger partial charge < -0.3 is 30.1 Å². The van der Waals surface area contributed by atoms with E-state index >= 15 is 0 Å². The summed E-state index contributed by atoms with van der Waals surface area (Å²) in [6.45, 7) is 4.38. The molecule has 0 bridgehead atoms. The van der Waals surface area contributed by atoms with E-state index in [-0.39, 0.29) is 18.5 Å². The van der Waals surface area contributed by atoms with Gasteiger partial charge in [0.05, 0.1) is 20.8 Å². The molecule has 1 amide bonds. The maximum Gasteiger partial charge on any atom is 0.225 e. The number of carbonyl (C=O) groups excluding carboxylic acids is 1. The van der Waals surface area contributed by atoms with E-state index in [1.54, 1.807) is 32.4 Å². The fourth-order valence-corrected chi connectivity index (χ4v) is 4.40. The Bertz CT molecular complexity index is 764. The van der Waals surface area contributed by atoms with Crippen molar-refractivity contribution in [2.45, 2.75) is 51.2 Å². The average Bonchev–Trinajstić information content (AvgIpc) is 3.49. The zero-order chi connectivity index (χ0) is 22.2. The van der Waals surface area contributed by atoms with Crippen LogP contribution in [0.3, 0.4) is 0 Å². The van der Waals surface area contributed by atoms with Crippen molar-refractivity contribution in [1.82, 2.24) is 15.5 Å². The minimum atomic E-state index is -0.829. The maximum atomic E-state index is 12.7. The molecule has 0 spiro atoms. The number of aliphatic hydroxyl groups is 1. The molecule has 0 aromatic heterocycles. The van der Waals surface area contributed by atoms with Gasteiger partial charge in [0.2, 0.25) is 5.91 Å². The number of nitrogens with one attached hydrogen (secondary N) is 2. The highest BCUT2D eigenvalue weighted by Gasteiger charge is 2.32. The van der Waals surface area contributed by atoms with E-state index in [0.717, 1.165) is 25.8 Å². The fourth-order valence-electron chi connectivity index (χ4n) is 4.40. The van der Waals surface area contributed by atoms with Gasteiger partial charge in [-0.15, -0.1) is 0 Å². The number of aliphatic hydroxyl groups excluding tert-OH is 1. The van der Waals surface area contributed by atoms with Crippen LogP contribution in [-0.2, 0) is 4.79 Å². The SMILES string of the molecule is CCNC(=NCC(O)c1cc(OC)ccc1OC)NC1CCN(C(=O)C2CCCC2)C1. The van der Waals surface area contributed by atoms with Crippen LogP contribution in [0.4, 0.5) is 0 Å². The van der Waals surface area contributed by atoms with Gasteiger partial charge in [0.1, 0.15) is 17.6 Å². The number of likely N-dealkylation sites (tertiary alicyclic amines) is 1. The first kappa shape index (κ1) is 23.2.